The Hall–Kier alpha value is -3.76. The molecule has 1 aromatic carbocycles. The first kappa shape index (κ1) is 20.2. The summed E-state index contributed by atoms with van der Waals surface area (Å²) < 4.78 is 4.94. The van der Waals surface area contributed by atoms with Crippen LogP contribution in [0.2, 0.25) is 0 Å². The zero-order valence-electron chi connectivity index (χ0n) is 13.4. The van der Waals surface area contributed by atoms with Crippen LogP contribution in [0.15, 0.2) is 35.4 Å². The van der Waals surface area contributed by atoms with E-state index in [9.17, 15) is 4.79 Å². The summed E-state index contributed by atoms with van der Waals surface area (Å²) in [5.74, 6) is 16.5. The molecule has 0 radical (unpaired) electrons. The van der Waals surface area contributed by atoms with Crippen molar-refractivity contribution in [3.8, 4) is 47.9 Å². The maximum atomic E-state index is 11.2. The minimum Gasteiger partial charge on any atom is -0.461 e. The molecule has 0 heterocycles. The van der Waals surface area contributed by atoms with E-state index in [1.54, 1.807) is 6.92 Å². The minimum atomic E-state index is -0.779. The second kappa shape index (κ2) is 14.2. The van der Waals surface area contributed by atoms with Crippen LogP contribution in [0.3, 0.4) is 0 Å². The molecule has 24 heavy (non-hydrogen) atoms. The van der Waals surface area contributed by atoms with Crippen LogP contribution in [-0.2, 0) is 16.1 Å². The molecule has 5 nitrogen and oxygen atoms in total. The standard InChI is InChI=1S/C10H11N3O2.C9H4/c1-8(12-13-11)10(14)15-7-9-5-3-2-4-6-9;1-3-5-7-9-8-6-4-2/h2-6,8H,7H2,1H3;1H,2H3/t8-;/m0./s1. The highest BCUT2D eigenvalue weighted by molar-refractivity contribution is 5.75. The van der Waals surface area contributed by atoms with Gasteiger partial charge in [-0.05, 0) is 60.5 Å². The summed E-state index contributed by atoms with van der Waals surface area (Å²) in [7, 11) is 0. The predicted molar refractivity (Wildman–Crippen MR) is 92.7 cm³/mol. The van der Waals surface area contributed by atoms with Gasteiger partial charge in [0, 0.05) is 4.91 Å². The molecule has 1 aromatic rings. The number of ether oxygens (including phenoxy) is 1. The van der Waals surface area contributed by atoms with Crippen LogP contribution < -0.4 is 0 Å². The van der Waals surface area contributed by atoms with E-state index in [4.69, 9.17) is 16.7 Å². The van der Waals surface area contributed by atoms with E-state index in [1.165, 1.54) is 6.92 Å². The minimum absolute atomic E-state index is 0.199. The van der Waals surface area contributed by atoms with Crippen molar-refractivity contribution in [1.82, 2.24) is 0 Å². The zero-order chi connectivity index (χ0) is 18.0. The summed E-state index contributed by atoms with van der Waals surface area (Å²) in [5, 5.41) is 3.24. The molecule has 0 fully saturated rings. The first-order valence-corrected chi connectivity index (χ1v) is 6.77. The van der Waals surface area contributed by atoms with E-state index in [0.29, 0.717) is 0 Å². The fraction of sp³-hybridized carbons (Fsp3) is 0.211. The molecule has 0 bridgehead atoms. The van der Waals surface area contributed by atoms with Crippen LogP contribution in [0.25, 0.3) is 10.4 Å². The smallest absolute Gasteiger partial charge is 0.314 e. The van der Waals surface area contributed by atoms with Gasteiger partial charge in [0.1, 0.15) is 12.6 Å². The Morgan fingerprint density at radius 2 is 1.88 bits per heavy atom. The van der Waals surface area contributed by atoms with E-state index >= 15 is 0 Å². The van der Waals surface area contributed by atoms with Crippen molar-refractivity contribution in [2.45, 2.75) is 26.5 Å². The predicted octanol–water partition coefficient (Wildman–Crippen LogP) is 3.08. The van der Waals surface area contributed by atoms with E-state index in [0.717, 1.165) is 5.56 Å². The van der Waals surface area contributed by atoms with Crippen molar-refractivity contribution in [3.05, 3.63) is 46.3 Å². The average Bonchev–Trinajstić information content (AvgIpc) is 2.61. The number of azide groups is 1. The number of hydrogen-bond donors (Lipinski definition) is 0. The SMILES string of the molecule is C#CC#CC#CC#CC.C[C@H](N=[N+]=[N-])C(=O)OCc1ccccc1. The van der Waals surface area contributed by atoms with Crippen LogP contribution in [0.1, 0.15) is 19.4 Å². The Morgan fingerprint density at radius 1 is 1.25 bits per heavy atom. The largest absolute Gasteiger partial charge is 0.461 e. The molecule has 0 N–H and O–H groups in total. The molecule has 0 aliphatic heterocycles. The third kappa shape index (κ3) is 11.0. The second-order valence-corrected chi connectivity index (χ2v) is 3.99. The normalized spacial score (nSPS) is 8.38. The molecule has 118 valence electrons. The summed E-state index contributed by atoms with van der Waals surface area (Å²) >= 11 is 0. The van der Waals surface area contributed by atoms with Crippen molar-refractivity contribution in [2.24, 2.45) is 5.11 Å². The Bertz CT molecular complexity index is 797. The van der Waals surface area contributed by atoms with E-state index in [1.807, 2.05) is 30.3 Å². The number of terminal acetylenes is 1. The summed E-state index contributed by atoms with van der Waals surface area (Å²) in [4.78, 5) is 13.8. The van der Waals surface area contributed by atoms with Gasteiger partial charge in [-0.3, -0.25) is 4.79 Å². The molecular formula is C19H15N3O2. The lowest BCUT2D eigenvalue weighted by molar-refractivity contribution is -0.146. The lowest BCUT2D eigenvalue weighted by Crippen LogP contribution is -2.17. The van der Waals surface area contributed by atoms with Crippen LogP contribution in [0.4, 0.5) is 0 Å². The molecule has 0 amide bonds. The van der Waals surface area contributed by atoms with Gasteiger partial charge in [0.15, 0.2) is 0 Å². The molecule has 5 heteroatoms. The van der Waals surface area contributed by atoms with Crippen LogP contribution >= 0.6 is 0 Å². The average molecular weight is 317 g/mol. The van der Waals surface area contributed by atoms with Gasteiger partial charge in [0.25, 0.3) is 0 Å². The zero-order valence-corrected chi connectivity index (χ0v) is 13.4. The molecule has 0 unspecified atom stereocenters. The summed E-state index contributed by atoms with van der Waals surface area (Å²) in [6.45, 7) is 3.40. The van der Waals surface area contributed by atoms with Crippen molar-refractivity contribution >= 4 is 5.97 Å². The molecule has 0 aromatic heterocycles. The van der Waals surface area contributed by atoms with Gasteiger partial charge in [0.2, 0.25) is 0 Å². The van der Waals surface area contributed by atoms with E-state index in [-0.39, 0.29) is 6.61 Å². The number of nitrogens with zero attached hydrogens (tertiary/aromatic N) is 3. The Kier molecular flexibility index (Phi) is 12.0. The summed E-state index contributed by atoms with van der Waals surface area (Å²) in [6.07, 6.45) is 4.82. The number of carbonyl (C=O) groups excluding carboxylic acids is 1. The first-order valence-electron chi connectivity index (χ1n) is 6.77. The van der Waals surface area contributed by atoms with Crippen molar-refractivity contribution in [1.29, 1.82) is 0 Å². The Morgan fingerprint density at radius 3 is 2.46 bits per heavy atom. The molecule has 0 saturated carbocycles. The fourth-order valence-corrected chi connectivity index (χ4v) is 1.17. The number of benzene rings is 1. The third-order valence-electron chi connectivity index (χ3n) is 2.24. The number of hydrogen-bond acceptors (Lipinski definition) is 3. The first-order chi connectivity index (χ1) is 11.7. The molecule has 0 aliphatic carbocycles. The molecule has 0 aliphatic rings. The van der Waals surface area contributed by atoms with Crippen LogP contribution in [0.5, 0.6) is 0 Å². The Labute approximate surface area is 142 Å². The lowest BCUT2D eigenvalue weighted by Gasteiger charge is -2.06. The number of esters is 1. The summed E-state index contributed by atoms with van der Waals surface area (Å²) in [5.41, 5.74) is 9.02. The number of carbonyl (C=O) groups is 1. The fourth-order valence-electron chi connectivity index (χ4n) is 1.17. The van der Waals surface area contributed by atoms with Crippen molar-refractivity contribution in [2.75, 3.05) is 0 Å². The highest BCUT2D eigenvalue weighted by Crippen LogP contribution is 2.03. The van der Waals surface area contributed by atoms with Gasteiger partial charge in [-0.2, -0.15) is 0 Å². The quantitative estimate of drug-likeness (QED) is 0.281. The highest BCUT2D eigenvalue weighted by Gasteiger charge is 2.11. The molecule has 0 spiro atoms. The maximum Gasteiger partial charge on any atom is 0.314 e. The Balaban J connectivity index is 0.000000506. The molecule has 1 rings (SSSR count). The third-order valence-corrected chi connectivity index (χ3v) is 2.24. The number of rotatable bonds is 4. The molecular weight excluding hydrogens is 302 g/mol. The lowest BCUT2D eigenvalue weighted by atomic mass is 10.2. The molecule has 0 saturated heterocycles. The topological polar surface area (TPSA) is 75.1 Å². The van der Waals surface area contributed by atoms with Gasteiger partial charge in [-0.25, -0.2) is 0 Å². The van der Waals surface area contributed by atoms with E-state index in [2.05, 4.69) is 51.5 Å². The van der Waals surface area contributed by atoms with Crippen molar-refractivity contribution < 1.29 is 9.53 Å². The van der Waals surface area contributed by atoms with Gasteiger partial charge < -0.3 is 4.74 Å². The van der Waals surface area contributed by atoms with Crippen LogP contribution in [0, 0.1) is 47.9 Å². The van der Waals surface area contributed by atoms with Gasteiger partial charge >= 0.3 is 5.97 Å². The summed E-state index contributed by atoms with van der Waals surface area (Å²) in [6, 6.07) is 8.53. The van der Waals surface area contributed by atoms with Gasteiger partial charge in [0.05, 0.1) is 0 Å². The monoisotopic (exact) mass is 317 g/mol. The second-order valence-electron chi connectivity index (χ2n) is 3.99. The van der Waals surface area contributed by atoms with Gasteiger partial charge in [-0.15, -0.1) is 6.42 Å². The molecule has 1 atom stereocenters. The van der Waals surface area contributed by atoms with Crippen LogP contribution in [-0.4, -0.2) is 12.0 Å². The van der Waals surface area contributed by atoms with Crippen molar-refractivity contribution in [3.63, 3.8) is 0 Å². The highest BCUT2D eigenvalue weighted by atomic mass is 16.5. The van der Waals surface area contributed by atoms with Gasteiger partial charge in [-0.1, -0.05) is 41.4 Å². The maximum absolute atomic E-state index is 11.2. The van der Waals surface area contributed by atoms with E-state index < -0.39 is 12.0 Å².